The maximum absolute atomic E-state index is 12.9. The molecule has 8 heteroatoms. The lowest BCUT2D eigenvalue weighted by Gasteiger charge is -2.15. The minimum absolute atomic E-state index is 0.149. The molecule has 3 N–H and O–H groups in total. The number of amides is 1. The Balaban J connectivity index is 1.40. The zero-order valence-electron chi connectivity index (χ0n) is 19.4. The number of thioether (sulfide) groups is 1. The van der Waals surface area contributed by atoms with Gasteiger partial charge in [0.15, 0.2) is 5.82 Å². The van der Waals surface area contributed by atoms with Gasteiger partial charge in [-0.2, -0.15) is 0 Å². The highest BCUT2D eigenvalue weighted by Crippen LogP contribution is 2.29. The normalized spacial score (nSPS) is 11.7. The van der Waals surface area contributed by atoms with Crippen molar-refractivity contribution >= 4 is 23.4 Å². The van der Waals surface area contributed by atoms with Crippen molar-refractivity contribution < 1.29 is 9.53 Å². The molecule has 4 aromatic rings. The van der Waals surface area contributed by atoms with Gasteiger partial charge in [-0.15, -0.1) is 10.2 Å². The number of rotatable bonds is 8. The number of carbonyl (C=O) groups excluding carboxylic acids is 1. The van der Waals surface area contributed by atoms with Crippen LogP contribution in [0.25, 0.3) is 11.1 Å². The Hall–Kier alpha value is -3.78. The minimum Gasteiger partial charge on any atom is -0.485 e. The number of hydrogen-bond acceptors (Lipinski definition) is 6. The molecule has 1 atom stereocenters. The Morgan fingerprint density at radius 3 is 2.56 bits per heavy atom. The van der Waals surface area contributed by atoms with Gasteiger partial charge in [0.1, 0.15) is 12.4 Å². The lowest BCUT2D eigenvalue weighted by atomic mass is 10.0. The summed E-state index contributed by atoms with van der Waals surface area (Å²) in [6, 6.07) is 23.7. The van der Waals surface area contributed by atoms with Gasteiger partial charge in [-0.3, -0.25) is 4.79 Å². The maximum atomic E-state index is 12.9. The number of aryl methyl sites for hydroxylation is 2. The Morgan fingerprint density at radius 1 is 1.06 bits per heavy atom. The number of anilines is 1. The summed E-state index contributed by atoms with van der Waals surface area (Å²) >= 11 is 1.24. The number of nitrogen functional groups attached to an aromatic ring is 1. The minimum atomic E-state index is -0.441. The van der Waals surface area contributed by atoms with Gasteiger partial charge in [0.25, 0.3) is 0 Å². The molecule has 1 amide bonds. The molecule has 7 nitrogen and oxygen atoms in total. The average molecular weight is 474 g/mol. The first kappa shape index (κ1) is 23.4. The molecule has 1 aromatic heterocycles. The van der Waals surface area contributed by atoms with Crippen LogP contribution in [-0.4, -0.2) is 26.0 Å². The van der Waals surface area contributed by atoms with Crippen LogP contribution in [0, 0.1) is 13.8 Å². The number of benzene rings is 3. The van der Waals surface area contributed by atoms with Crippen molar-refractivity contribution in [2.45, 2.75) is 37.8 Å². The molecule has 0 unspecified atom stereocenters. The van der Waals surface area contributed by atoms with Crippen LogP contribution >= 0.6 is 11.8 Å². The van der Waals surface area contributed by atoms with Crippen LogP contribution in [0.5, 0.6) is 5.75 Å². The summed E-state index contributed by atoms with van der Waals surface area (Å²) in [5.41, 5.74) is 4.96. The Kier molecular flexibility index (Phi) is 7.18. The van der Waals surface area contributed by atoms with E-state index < -0.39 is 5.25 Å². The number of nitrogens with one attached hydrogen (secondary N) is 1. The smallest absolute Gasteiger partial charge is 0.237 e. The maximum Gasteiger partial charge on any atom is 0.237 e. The number of para-hydroxylation sites is 1. The molecule has 3 aromatic carbocycles. The summed E-state index contributed by atoms with van der Waals surface area (Å²) in [4.78, 5) is 12.9. The van der Waals surface area contributed by atoms with Crippen LogP contribution < -0.4 is 15.9 Å². The van der Waals surface area contributed by atoms with E-state index in [1.807, 2.05) is 87.5 Å². The van der Waals surface area contributed by atoms with Gasteiger partial charge in [-0.1, -0.05) is 78.0 Å². The van der Waals surface area contributed by atoms with Crippen LogP contribution in [0.4, 0.5) is 5.69 Å². The predicted octanol–water partition coefficient (Wildman–Crippen LogP) is 4.97. The number of nitrogens with two attached hydrogens (primary N) is 1. The molecule has 1 heterocycles. The highest BCUT2D eigenvalue weighted by Gasteiger charge is 2.21. The first-order valence-electron chi connectivity index (χ1n) is 10.9. The zero-order chi connectivity index (χ0) is 24.1. The fourth-order valence-electron chi connectivity index (χ4n) is 3.50. The first-order chi connectivity index (χ1) is 16.4. The van der Waals surface area contributed by atoms with Crippen molar-refractivity contribution in [3.8, 4) is 16.9 Å². The van der Waals surface area contributed by atoms with Crippen molar-refractivity contribution in [1.29, 1.82) is 0 Å². The van der Waals surface area contributed by atoms with Gasteiger partial charge in [-0.05, 0) is 44.0 Å². The van der Waals surface area contributed by atoms with Gasteiger partial charge in [0.2, 0.25) is 11.1 Å². The second kappa shape index (κ2) is 10.4. The summed E-state index contributed by atoms with van der Waals surface area (Å²) in [5, 5.41) is 11.3. The Labute approximate surface area is 203 Å². The molecule has 0 fully saturated rings. The third-order valence-corrected chi connectivity index (χ3v) is 6.40. The molecule has 0 saturated heterocycles. The number of ether oxygens (including phenoxy) is 1. The number of aromatic nitrogens is 3. The van der Waals surface area contributed by atoms with Crippen LogP contribution in [0.2, 0.25) is 0 Å². The molecular weight excluding hydrogens is 446 g/mol. The lowest BCUT2D eigenvalue weighted by Crippen LogP contribution is -2.24. The van der Waals surface area contributed by atoms with Gasteiger partial charge in [0, 0.05) is 11.3 Å². The quantitative estimate of drug-likeness (QED) is 0.277. The van der Waals surface area contributed by atoms with Gasteiger partial charge in [0.05, 0.1) is 5.25 Å². The molecule has 0 aliphatic rings. The SMILES string of the molecule is Cc1ccc(OCc2nnc(S[C@H](C)C(=O)Nc3ccccc3-c3ccccc3)n2N)c(C)c1. The highest BCUT2D eigenvalue weighted by atomic mass is 32.2. The van der Waals surface area contributed by atoms with E-state index in [1.54, 1.807) is 0 Å². The molecule has 0 aliphatic heterocycles. The lowest BCUT2D eigenvalue weighted by molar-refractivity contribution is -0.115. The number of hydrogen-bond donors (Lipinski definition) is 2. The van der Waals surface area contributed by atoms with Gasteiger partial charge in [-0.25, -0.2) is 4.68 Å². The van der Waals surface area contributed by atoms with Crippen molar-refractivity contribution in [3.63, 3.8) is 0 Å². The Bertz CT molecular complexity index is 1290. The second-order valence-corrected chi connectivity index (χ2v) is 9.30. The largest absolute Gasteiger partial charge is 0.485 e. The average Bonchev–Trinajstić information content (AvgIpc) is 3.18. The molecule has 0 aliphatic carbocycles. The van der Waals surface area contributed by atoms with Crippen LogP contribution in [0.15, 0.2) is 78.0 Å². The third kappa shape index (κ3) is 5.40. The van der Waals surface area contributed by atoms with Crippen LogP contribution in [0.1, 0.15) is 23.9 Å². The van der Waals surface area contributed by atoms with E-state index in [0.717, 1.165) is 28.1 Å². The van der Waals surface area contributed by atoms with Gasteiger partial charge >= 0.3 is 0 Å². The fourth-order valence-corrected chi connectivity index (χ4v) is 4.29. The van der Waals surface area contributed by atoms with Crippen LogP contribution in [-0.2, 0) is 11.4 Å². The van der Waals surface area contributed by atoms with E-state index in [0.29, 0.717) is 11.0 Å². The summed E-state index contributed by atoms with van der Waals surface area (Å²) in [7, 11) is 0. The molecule has 0 saturated carbocycles. The fraction of sp³-hybridized carbons (Fsp3) is 0.192. The molecular formula is C26H27N5O2S. The molecule has 0 radical (unpaired) electrons. The van der Waals surface area contributed by atoms with Gasteiger partial charge < -0.3 is 15.9 Å². The number of nitrogens with zero attached hydrogens (tertiary/aromatic N) is 3. The van der Waals surface area contributed by atoms with Crippen molar-refractivity contribution in [2.75, 3.05) is 11.2 Å². The van der Waals surface area contributed by atoms with E-state index >= 15 is 0 Å². The van der Waals surface area contributed by atoms with E-state index in [-0.39, 0.29) is 12.5 Å². The molecule has 174 valence electrons. The molecule has 4 rings (SSSR count). The van der Waals surface area contributed by atoms with Crippen LogP contribution in [0.3, 0.4) is 0 Å². The molecule has 0 bridgehead atoms. The zero-order valence-corrected chi connectivity index (χ0v) is 20.2. The standard InChI is InChI=1S/C26H27N5O2S/c1-17-13-14-23(18(2)15-17)33-16-24-29-30-26(31(24)27)34-19(3)25(32)28-22-12-8-7-11-21(22)20-9-5-4-6-10-20/h4-15,19H,16,27H2,1-3H3,(H,28,32)/t19-/m1/s1. The van der Waals surface area contributed by atoms with Crippen molar-refractivity contribution in [3.05, 3.63) is 89.7 Å². The second-order valence-electron chi connectivity index (χ2n) is 7.99. The first-order valence-corrected chi connectivity index (χ1v) is 11.8. The predicted molar refractivity (Wildman–Crippen MR) is 136 cm³/mol. The highest BCUT2D eigenvalue weighted by molar-refractivity contribution is 8.00. The summed E-state index contributed by atoms with van der Waals surface area (Å²) in [6.45, 7) is 6.02. The van der Waals surface area contributed by atoms with E-state index in [2.05, 4.69) is 21.6 Å². The molecule has 34 heavy (non-hydrogen) atoms. The summed E-state index contributed by atoms with van der Waals surface area (Å²) < 4.78 is 7.24. The summed E-state index contributed by atoms with van der Waals surface area (Å²) in [5.74, 6) is 7.29. The van der Waals surface area contributed by atoms with E-state index in [9.17, 15) is 4.79 Å². The van der Waals surface area contributed by atoms with Crippen molar-refractivity contribution in [2.24, 2.45) is 0 Å². The van der Waals surface area contributed by atoms with E-state index in [4.69, 9.17) is 10.6 Å². The third-order valence-electron chi connectivity index (χ3n) is 5.34. The van der Waals surface area contributed by atoms with E-state index in [1.165, 1.54) is 22.0 Å². The van der Waals surface area contributed by atoms with Crippen molar-refractivity contribution in [1.82, 2.24) is 14.9 Å². The topological polar surface area (TPSA) is 95.1 Å². The Morgan fingerprint density at radius 2 is 1.79 bits per heavy atom. The monoisotopic (exact) mass is 473 g/mol. The number of carbonyl (C=O) groups is 1. The summed E-state index contributed by atoms with van der Waals surface area (Å²) in [6.07, 6.45) is 0. The molecule has 0 spiro atoms.